The number of amides is 1. The molecule has 25 heavy (non-hydrogen) atoms. The molecule has 2 fully saturated rings. The second kappa shape index (κ2) is 8.27. The molecule has 2 unspecified atom stereocenters. The standard InChI is InChI=1S/C18H31N5O2/c1-4-5-6-16-20-18(25-21-16)14(3)23-11-9-22(10-12-23)13(2)17(24)19-15-7-8-15/h13-15H,4-12H2,1-3H3,(H,19,24). The van der Waals surface area contributed by atoms with Crippen LogP contribution in [0.4, 0.5) is 0 Å². The largest absolute Gasteiger partial charge is 0.352 e. The molecule has 1 aliphatic carbocycles. The van der Waals surface area contributed by atoms with Crippen molar-refractivity contribution in [1.29, 1.82) is 0 Å². The number of piperazine rings is 1. The van der Waals surface area contributed by atoms with E-state index in [0.717, 1.165) is 64.1 Å². The van der Waals surface area contributed by atoms with E-state index in [0.29, 0.717) is 11.9 Å². The van der Waals surface area contributed by atoms with Gasteiger partial charge in [0, 0.05) is 38.6 Å². The maximum atomic E-state index is 12.2. The van der Waals surface area contributed by atoms with E-state index in [1.807, 2.05) is 6.92 Å². The first-order valence-corrected chi connectivity index (χ1v) is 9.69. The Labute approximate surface area is 150 Å². The SMILES string of the molecule is CCCCc1noc(C(C)N2CCN(C(C)C(=O)NC3CC3)CC2)n1. The molecule has 1 N–H and O–H groups in total. The molecule has 2 atom stereocenters. The van der Waals surface area contributed by atoms with Crippen LogP contribution in [0.25, 0.3) is 0 Å². The molecule has 7 heteroatoms. The minimum absolute atomic E-state index is 0.0536. The van der Waals surface area contributed by atoms with Crippen molar-refractivity contribution in [3.05, 3.63) is 11.7 Å². The second-order valence-corrected chi connectivity index (χ2v) is 7.36. The third kappa shape index (κ3) is 4.79. The Hall–Kier alpha value is -1.47. The number of unbranched alkanes of at least 4 members (excludes halogenated alkanes) is 1. The van der Waals surface area contributed by atoms with Gasteiger partial charge in [0.25, 0.3) is 0 Å². The van der Waals surface area contributed by atoms with E-state index in [2.05, 4.69) is 39.1 Å². The average Bonchev–Trinajstić information content (AvgIpc) is 3.32. The molecule has 0 bridgehead atoms. The summed E-state index contributed by atoms with van der Waals surface area (Å²) in [7, 11) is 0. The monoisotopic (exact) mass is 349 g/mol. The molecular weight excluding hydrogens is 318 g/mol. The van der Waals surface area contributed by atoms with Gasteiger partial charge in [-0.15, -0.1) is 0 Å². The maximum Gasteiger partial charge on any atom is 0.243 e. The topological polar surface area (TPSA) is 74.5 Å². The summed E-state index contributed by atoms with van der Waals surface area (Å²) in [6, 6.07) is 0.499. The molecule has 1 amide bonds. The Morgan fingerprint density at radius 1 is 1.24 bits per heavy atom. The highest BCUT2D eigenvalue weighted by molar-refractivity contribution is 5.81. The van der Waals surface area contributed by atoms with Crippen molar-refractivity contribution in [2.24, 2.45) is 0 Å². The van der Waals surface area contributed by atoms with E-state index in [9.17, 15) is 4.79 Å². The van der Waals surface area contributed by atoms with E-state index in [1.54, 1.807) is 0 Å². The predicted molar refractivity (Wildman–Crippen MR) is 95.1 cm³/mol. The Bertz CT molecular complexity index is 564. The lowest BCUT2D eigenvalue weighted by Gasteiger charge is -2.39. The van der Waals surface area contributed by atoms with Crippen LogP contribution in [0.3, 0.4) is 0 Å². The summed E-state index contributed by atoms with van der Waals surface area (Å²) >= 11 is 0. The molecule has 1 aliphatic heterocycles. The minimum Gasteiger partial charge on any atom is -0.352 e. The molecule has 2 aliphatic rings. The van der Waals surface area contributed by atoms with Crippen LogP contribution in [-0.4, -0.2) is 64.1 Å². The number of carbonyl (C=O) groups excluding carboxylic acids is 1. The van der Waals surface area contributed by atoms with Crippen LogP contribution in [0.2, 0.25) is 0 Å². The minimum atomic E-state index is -0.0536. The summed E-state index contributed by atoms with van der Waals surface area (Å²) in [4.78, 5) is 21.4. The molecule has 2 heterocycles. The van der Waals surface area contributed by atoms with Crippen molar-refractivity contribution < 1.29 is 9.32 Å². The van der Waals surface area contributed by atoms with Gasteiger partial charge in [0.1, 0.15) is 0 Å². The molecule has 0 spiro atoms. The van der Waals surface area contributed by atoms with Gasteiger partial charge in [0.2, 0.25) is 11.8 Å². The van der Waals surface area contributed by atoms with Crippen molar-refractivity contribution in [2.75, 3.05) is 26.2 Å². The summed E-state index contributed by atoms with van der Waals surface area (Å²) in [5.41, 5.74) is 0. The van der Waals surface area contributed by atoms with Crippen molar-refractivity contribution in [2.45, 2.75) is 71.0 Å². The van der Waals surface area contributed by atoms with Gasteiger partial charge in [0.05, 0.1) is 12.1 Å². The number of nitrogens with zero attached hydrogens (tertiary/aromatic N) is 4. The van der Waals surface area contributed by atoms with Crippen LogP contribution < -0.4 is 5.32 Å². The van der Waals surface area contributed by atoms with Crippen LogP contribution in [0.1, 0.15) is 64.2 Å². The Morgan fingerprint density at radius 2 is 1.92 bits per heavy atom. The van der Waals surface area contributed by atoms with E-state index in [-0.39, 0.29) is 18.0 Å². The number of aryl methyl sites for hydroxylation is 1. The second-order valence-electron chi connectivity index (χ2n) is 7.36. The number of aromatic nitrogens is 2. The van der Waals surface area contributed by atoms with E-state index in [1.165, 1.54) is 0 Å². The van der Waals surface area contributed by atoms with Crippen LogP contribution in [0.15, 0.2) is 4.52 Å². The molecule has 0 radical (unpaired) electrons. The fourth-order valence-electron chi connectivity index (χ4n) is 3.26. The zero-order chi connectivity index (χ0) is 17.8. The van der Waals surface area contributed by atoms with Crippen molar-refractivity contribution in [3.63, 3.8) is 0 Å². The number of hydrogen-bond donors (Lipinski definition) is 1. The number of hydrogen-bond acceptors (Lipinski definition) is 6. The third-order valence-corrected chi connectivity index (χ3v) is 5.34. The van der Waals surface area contributed by atoms with Crippen LogP contribution in [-0.2, 0) is 11.2 Å². The van der Waals surface area contributed by atoms with E-state index < -0.39 is 0 Å². The Morgan fingerprint density at radius 3 is 2.56 bits per heavy atom. The lowest BCUT2D eigenvalue weighted by Crippen LogP contribution is -2.54. The summed E-state index contributed by atoms with van der Waals surface area (Å²) < 4.78 is 5.46. The van der Waals surface area contributed by atoms with Crippen LogP contribution in [0, 0.1) is 0 Å². The molecule has 0 aromatic carbocycles. The molecule has 1 saturated carbocycles. The highest BCUT2D eigenvalue weighted by atomic mass is 16.5. The predicted octanol–water partition coefficient (Wildman–Crippen LogP) is 1.76. The van der Waals surface area contributed by atoms with E-state index in [4.69, 9.17) is 4.52 Å². The van der Waals surface area contributed by atoms with E-state index >= 15 is 0 Å². The summed E-state index contributed by atoms with van der Waals surface area (Å²) in [5.74, 6) is 1.69. The fourth-order valence-corrected chi connectivity index (χ4v) is 3.26. The van der Waals surface area contributed by atoms with Gasteiger partial charge in [-0.05, 0) is 33.1 Å². The lowest BCUT2D eigenvalue weighted by atomic mass is 10.1. The highest BCUT2D eigenvalue weighted by Crippen LogP contribution is 2.22. The van der Waals surface area contributed by atoms with Gasteiger partial charge in [0.15, 0.2) is 5.82 Å². The zero-order valence-electron chi connectivity index (χ0n) is 15.7. The molecule has 140 valence electrons. The average molecular weight is 349 g/mol. The first kappa shape index (κ1) is 18.3. The number of rotatable bonds is 8. The molecule has 7 nitrogen and oxygen atoms in total. The van der Waals surface area contributed by atoms with Crippen molar-refractivity contribution in [3.8, 4) is 0 Å². The summed E-state index contributed by atoms with van der Waals surface area (Å²) in [6.45, 7) is 9.89. The fraction of sp³-hybridized carbons (Fsp3) is 0.833. The van der Waals surface area contributed by atoms with Crippen molar-refractivity contribution >= 4 is 5.91 Å². The Balaban J connectivity index is 1.47. The first-order valence-electron chi connectivity index (χ1n) is 9.69. The number of carbonyl (C=O) groups is 1. The Kier molecular flexibility index (Phi) is 6.06. The summed E-state index contributed by atoms with van der Waals surface area (Å²) in [6.07, 6.45) is 5.37. The third-order valence-electron chi connectivity index (χ3n) is 5.34. The van der Waals surface area contributed by atoms with Gasteiger partial charge < -0.3 is 9.84 Å². The zero-order valence-corrected chi connectivity index (χ0v) is 15.7. The molecule has 1 saturated heterocycles. The van der Waals surface area contributed by atoms with Gasteiger partial charge in [-0.1, -0.05) is 18.5 Å². The molecular formula is C18H31N5O2. The first-order chi connectivity index (χ1) is 12.1. The lowest BCUT2D eigenvalue weighted by molar-refractivity contribution is -0.126. The summed E-state index contributed by atoms with van der Waals surface area (Å²) in [5, 5.41) is 7.20. The molecule has 1 aromatic heterocycles. The highest BCUT2D eigenvalue weighted by Gasteiger charge is 2.31. The molecule has 3 rings (SSSR count). The normalized spacial score (nSPS) is 21.9. The van der Waals surface area contributed by atoms with Crippen LogP contribution >= 0.6 is 0 Å². The maximum absolute atomic E-state index is 12.2. The number of nitrogens with one attached hydrogen (secondary N) is 1. The van der Waals surface area contributed by atoms with Gasteiger partial charge in [-0.2, -0.15) is 4.98 Å². The van der Waals surface area contributed by atoms with Crippen LogP contribution in [0.5, 0.6) is 0 Å². The van der Waals surface area contributed by atoms with Gasteiger partial charge in [-0.3, -0.25) is 14.6 Å². The smallest absolute Gasteiger partial charge is 0.243 e. The molecule has 1 aromatic rings. The van der Waals surface area contributed by atoms with Gasteiger partial charge >= 0.3 is 0 Å². The van der Waals surface area contributed by atoms with Crippen molar-refractivity contribution in [1.82, 2.24) is 25.3 Å². The van der Waals surface area contributed by atoms with Gasteiger partial charge in [-0.25, -0.2) is 0 Å². The quantitative estimate of drug-likeness (QED) is 0.771.